The predicted octanol–water partition coefficient (Wildman–Crippen LogP) is 6.17. The van der Waals surface area contributed by atoms with Crippen molar-refractivity contribution in [1.82, 2.24) is 0 Å². The van der Waals surface area contributed by atoms with Crippen molar-refractivity contribution in [2.75, 3.05) is 13.7 Å². The van der Waals surface area contributed by atoms with E-state index >= 15 is 0 Å². The summed E-state index contributed by atoms with van der Waals surface area (Å²) < 4.78 is 9.87. The van der Waals surface area contributed by atoms with Gasteiger partial charge in [0.05, 0.1) is 7.11 Å². The molecule has 0 atom stereocenters. The molecule has 0 spiro atoms. The first-order valence-corrected chi connectivity index (χ1v) is 9.72. The van der Waals surface area contributed by atoms with Gasteiger partial charge in [-0.05, 0) is 30.5 Å². The molecule has 140 valence electrons. The quantitative estimate of drug-likeness (QED) is 0.298. The summed E-state index contributed by atoms with van der Waals surface area (Å²) in [5.41, 5.74) is 1.15. The molecule has 0 saturated heterocycles. The van der Waals surface area contributed by atoms with Crippen molar-refractivity contribution in [3.05, 3.63) is 35.9 Å². The highest BCUT2D eigenvalue weighted by Gasteiger charge is 2.00. The molecule has 0 fully saturated rings. The van der Waals surface area contributed by atoms with E-state index in [-0.39, 0.29) is 12.6 Å². The molecule has 3 heteroatoms. The minimum absolute atomic E-state index is 0.0513. The van der Waals surface area contributed by atoms with E-state index in [0.29, 0.717) is 5.75 Å². The van der Waals surface area contributed by atoms with Gasteiger partial charge in [0.1, 0.15) is 5.75 Å². The topological polar surface area (TPSA) is 35.5 Å². The molecule has 1 aromatic rings. The van der Waals surface area contributed by atoms with Crippen molar-refractivity contribution in [2.24, 2.45) is 0 Å². The molecule has 0 unspecified atom stereocenters. The van der Waals surface area contributed by atoms with Crippen LogP contribution in [-0.2, 0) is 9.53 Å². The van der Waals surface area contributed by atoms with Crippen LogP contribution < -0.4 is 4.74 Å². The molecular weight excluding hydrogens is 312 g/mol. The number of ether oxygens (including phenoxy) is 2. The van der Waals surface area contributed by atoms with Gasteiger partial charge >= 0.3 is 5.97 Å². The molecule has 0 heterocycles. The Morgan fingerprint density at radius 2 is 1.52 bits per heavy atom. The van der Waals surface area contributed by atoms with Gasteiger partial charge in [0, 0.05) is 0 Å². The van der Waals surface area contributed by atoms with Crippen LogP contribution in [-0.4, -0.2) is 19.7 Å². The fourth-order valence-electron chi connectivity index (χ4n) is 2.67. The number of hydrogen-bond donors (Lipinski definition) is 0. The molecule has 0 aliphatic rings. The largest absolute Gasteiger partial charge is 0.482 e. The van der Waals surface area contributed by atoms with Crippen molar-refractivity contribution in [3.63, 3.8) is 0 Å². The number of esters is 1. The molecule has 0 bridgehead atoms. The summed E-state index contributed by atoms with van der Waals surface area (Å²) >= 11 is 0. The molecule has 0 amide bonds. The summed E-state index contributed by atoms with van der Waals surface area (Å²) in [6, 6.07) is 7.75. The van der Waals surface area contributed by atoms with Crippen molar-refractivity contribution in [2.45, 2.75) is 71.1 Å². The number of hydrogen-bond acceptors (Lipinski definition) is 3. The SMILES string of the molecule is CCCCCCCCCCC/C=C\c1ccc(OCC(=O)OC)cc1. The molecular formula is C22H34O3. The lowest BCUT2D eigenvalue weighted by Gasteiger charge is -2.04. The van der Waals surface area contributed by atoms with Crippen LogP contribution in [0.3, 0.4) is 0 Å². The zero-order valence-corrected chi connectivity index (χ0v) is 16.0. The van der Waals surface area contributed by atoms with E-state index in [1.165, 1.54) is 64.9 Å². The van der Waals surface area contributed by atoms with Crippen LogP contribution in [0.15, 0.2) is 30.3 Å². The molecule has 0 aromatic heterocycles. The lowest BCUT2D eigenvalue weighted by molar-refractivity contribution is -0.142. The Labute approximate surface area is 153 Å². The van der Waals surface area contributed by atoms with Crippen LogP contribution in [0.25, 0.3) is 6.08 Å². The number of allylic oxidation sites excluding steroid dienone is 1. The molecule has 0 N–H and O–H groups in total. The number of rotatable bonds is 14. The second-order valence-electron chi connectivity index (χ2n) is 6.45. The number of unbranched alkanes of at least 4 members (excludes halogenated alkanes) is 9. The number of carbonyl (C=O) groups excluding carboxylic acids is 1. The predicted molar refractivity (Wildman–Crippen MR) is 105 cm³/mol. The average Bonchev–Trinajstić information content (AvgIpc) is 2.65. The smallest absolute Gasteiger partial charge is 0.343 e. The highest BCUT2D eigenvalue weighted by molar-refractivity contribution is 5.70. The molecule has 25 heavy (non-hydrogen) atoms. The number of methoxy groups -OCH3 is 1. The number of carbonyl (C=O) groups is 1. The standard InChI is InChI=1S/C22H34O3/c1-3-4-5-6-7-8-9-10-11-12-13-14-20-15-17-21(18-16-20)25-19-22(23)24-2/h13-18H,3-12,19H2,1-2H3/b14-13-. The maximum absolute atomic E-state index is 11.0. The van der Waals surface area contributed by atoms with Gasteiger partial charge in [-0.3, -0.25) is 0 Å². The zero-order valence-electron chi connectivity index (χ0n) is 16.0. The maximum Gasteiger partial charge on any atom is 0.343 e. The fraction of sp³-hybridized carbons (Fsp3) is 0.591. The van der Waals surface area contributed by atoms with Gasteiger partial charge < -0.3 is 9.47 Å². The lowest BCUT2D eigenvalue weighted by atomic mass is 10.1. The van der Waals surface area contributed by atoms with Crippen LogP contribution in [0.4, 0.5) is 0 Å². The Kier molecular flexibility index (Phi) is 12.4. The van der Waals surface area contributed by atoms with Gasteiger partial charge in [0.25, 0.3) is 0 Å². The normalized spacial score (nSPS) is 11.0. The Bertz CT molecular complexity index is 477. The summed E-state index contributed by atoms with van der Waals surface area (Å²) in [5.74, 6) is 0.311. The monoisotopic (exact) mass is 346 g/mol. The molecule has 0 radical (unpaired) electrons. The first-order chi connectivity index (χ1) is 12.3. The highest BCUT2D eigenvalue weighted by atomic mass is 16.6. The molecule has 1 rings (SSSR count). The molecule has 0 aliphatic heterocycles. The van der Waals surface area contributed by atoms with Gasteiger partial charge in [-0.15, -0.1) is 0 Å². The maximum atomic E-state index is 11.0. The van der Waals surface area contributed by atoms with Crippen molar-refractivity contribution < 1.29 is 14.3 Å². The average molecular weight is 347 g/mol. The number of benzene rings is 1. The third kappa shape index (κ3) is 11.4. The third-order valence-electron chi connectivity index (χ3n) is 4.25. The van der Waals surface area contributed by atoms with Crippen LogP contribution >= 0.6 is 0 Å². The van der Waals surface area contributed by atoms with E-state index in [1.54, 1.807) is 0 Å². The Morgan fingerprint density at radius 3 is 2.12 bits per heavy atom. The van der Waals surface area contributed by atoms with Gasteiger partial charge in [-0.1, -0.05) is 82.6 Å². The second-order valence-corrected chi connectivity index (χ2v) is 6.45. The van der Waals surface area contributed by atoms with Crippen LogP contribution in [0.5, 0.6) is 5.75 Å². The highest BCUT2D eigenvalue weighted by Crippen LogP contribution is 2.14. The first kappa shape index (κ1) is 21.3. The Hall–Kier alpha value is -1.77. The van der Waals surface area contributed by atoms with E-state index in [9.17, 15) is 4.79 Å². The summed E-state index contributed by atoms with van der Waals surface area (Å²) in [7, 11) is 1.35. The van der Waals surface area contributed by atoms with Gasteiger partial charge in [0.2, 0.25) is 0 Å². The van der Waals surface area contributed by atoms with E-state index < -0.39 is 0 Å². The fourth-order valence-corrected chi connectivity index (χ4v) is 2.67. The van der Waals surface area contributed by atoms with E-state index in [0.717, 1.165) is 12.0 Å². The first-order valence-electron chi connectivity index (χ1n) is 9.72. The molecule has 1 aromatic carbocycles. The van der Waals surface area contributed by atoms with E-state index in [2.05, 4.69) is 23.8 Å². The lowest BCUT2D eigenvalue weighted by Crippen LogP contribution is -2.12. The van der Waals surface area contributed by atoms with Gasteiger partial charge in [-0.25, -0.2) is 4.79 Å². The van der Waals surface area contributed by atoms with Gasteiger partial charge in [-0.2, -0.15) is 0 Å². The summed E-state index contributed by atoms with van der Waals surface area (Å²) in [6.07, 6.45) is 17.8. The summed E-state index contributed by atoms with van der Waals surface area (Å²) in [4.78, 5) is 11.0. The molecule has 0 saturated carbocycles. The summed E-state index contributed by atoms with van der Waals surface area (Å²) in [5, 5.41) is 0. The van der Waals surface area contributed by atoms with Crippen molar-refractivity contribution >= 4 is 12.0 Å². The van der Waals surface area contributed by atoms with Crippen molar-refractivity contribution in [3.8, 4) is 5.75 Å². The summed E-state index contributed by atoms with van der Waals surface area (Å²) in [6.45, 7) is 2.21. The Balaban J connectivity index is 2.07. The molecule has 0 aliphatic carbocycles. The zero-order chi connectivity index (χ0) is 18.2. The van der Waals surface area contributed by atoms with Crippen LogP contribution in [0.2, 0.25) is 0 Å². The van der Waals surface area contributed by atoms with Crippen LogP contribution in [0.1, 0.15) is 76.7 Å². The van der Waals surface area contributed by atoms with E-state index in [4.69, 9.17) is 4.74 Å². The minimum atomic E-state index is -0.370. The van der Waals surface area contributed by atoms with Crippen LogP contribution in [0, 0.1) is 0 Å². The third-order valence-corrected chi connectivity index (χ3v) is 4.25. The minimum Gasteiger partial charge on any atom is -0.482 e. The van der Waals surface area contributed by atoms with Crippen molar-refractivity contribution in [1.29, 1.82) is 0 Å². The Morgan fingerprint density at radius 1 is 0.920 bits per heavy atom. The molecule has 3 nitrogen and oxygen atoms in total. The van der Waals surface area contributed by atoms with Gasteiger partial charge in [0.15, 0.2) is 6.61 Å². The van der Waals surface area contributed by atoms with E-state index in [1.807, 2.05) is 24.3 Å². The second kappa shape index (κ2) is 14.6.